The molecule has 0 aromatic carbocycles. The van der Waals surface area contributed by atoms with Gasteiger partial charge in [-0.2, -0.15) is 0 Å². The van der Waals surface area contributed by atoms with E-state index in [0.29, 0.717) is 6.54 Å². The van der Waals surface area contributed by atoms with Crippen LogP contribution in [0, 0.1) is 0 Å². The monoisotopic (exact) mass is 344 g/mol. The maximum atomic E-state index is 12.5. The highest BCUT2D eigenvalue weighted by Crippen LogP contribution is 2.24. The summed E-state index contributed by atoms with van der Waals surface area (Å²) in [5.74, 6) is 0.741. The maximum Gasteiger partial charge on any atom is 0.263 e. The fourth-order valence-electron chi connectivity index (χ4n) is 3.47. The predicted octanol–water partition coefficient (Wildman–Crippen LogP) is 1.50. The van der Waals surface area contributed by atoms with Gasteiger partial charge in [-0.25, -0.2) is 4.98 Å². The molecule has 24 heavy (non-hydrogen) atoms. The molecule has 7 heteroatoms. The van der Waals surface area contributed by atoms with Crippen LogP contribution in [0.2, 0.25) is 0 Å². The van der Waals surface area contributed by atoms with Crippen molar-refractivity contribution in [2.45, 2.75) is 43.9 Å². The molecular weight excluding hydrogens is 324 g/mol. The molecule has 1 amide bonds. The first-order valence-corrected chi connectivity index (χ1v) is 9.31. The summed E-state index contributed by atoms with van der Waals surface area (Å²) in [6, 6.07) is 1.79. The van der Waals surface area contributed by atoms with Gasteiger partial charge in [-0.05, 0) is 37.3 Å². The molecule has 1 aliphatic heterocycles. The van der Waals surface area contributed by atoms with Crippen LogP contribution in [-0.2, 0) is 33.0 Å². The molecule has 0 fully saturated rings. The molecule has 2 aliphatic rings. The van der Waals surface area contributed by atoms with E-state index in [4.69, 9.17) is 0 Å². The van der Waals surface area contributed by atoms with E-state index in [1.807, 2.05) is 6.20 Å². The molecule has 2 aromatic heterocycles. The van der Waals surface area contributed by atoms with Crippen molar-refractivity contribution in [2.75, 3.05) is 5.75 Å². The highest BCUT2D eigenvalue weighted by atomic mass is 32.2. The third-order valence-electron chi connectivity index (χ3n) is 4.77. The Labute approximate surface area is 144 Å². The number of carbonyl (C=O) groups excluding carboxylic acids is 1. The first kappa shape index (κ1) is 15.5. The number of thioether (sulfide) groups is 1. The van der Waals surface area contributed by atoms with E-state index in [-0.39, 0.29) is 17.0 Å². The summed E-state index contributed by atoms with van der Waals surface area (Å²) in [4.78, 5) is 29.5. The highest BCUT2D eigenvalue weighted by molar-refractivity contribution is 7.99. The van der Waals surface area contributed by atoms with E-state index >= 15 is 0 Å². The van der Waals surface area contributed by atoms with E-state index in [0.717, 1.165) is 60.1 Å². The van der Waals surface area contributed by atoms with Crippen LogP contribution in [0.1, 0.15) is 40.2 Å². The molecule has 6 nitrogen and oxygen atoms in total. The number of aromatic nitrogens is 3. The Morgan fingerprint density at radius 3 is 3.04 bits per heavy atom. The Kier molecular flexibility index (Phi) is 3.96. The van der Waals surface area contributed by atoms with Crippen molar-refractivity contribution in [1.82, 2.24) is 19.4 Å². The van der Waals surface area contributed by atoms with Crippen LogP contribution in [0.3, 0.4) is 0 Å². The Hall–Kier alpha value is -2.02. The fraction of sp³-hybridized carbons (Fsp3) is 0.471. The average molecular weight is 344 g/mol. The van der Waals surface area contributed by atoms with Crippen LogP contribution in [0.5, 0.6) is 0 Å². The average Bonchev–Trinajstić information content (AvgIpc) is 3.17. The van der Waals surface area contributed by atoms with Crippen LogP contribution in [-0.4, -0.2) is 25.8 Å². The number of imidazole rings is 1. The van der Waals surface area contributed by atoms with Crippen LogP contribution < -0.4 is 10.9 Å². The maximum absolute atomic E-state index is 12.5. The molecule has 0 radical (unpaired) electrons. The summed E-state index contributed by atoms with van der Waals surface area (Å²) >= 11 is 1.73. The van der Waals surface area contributed by atoms with Crippen molar-refractivity contribution >= 4 is 17.7 Å². The number of carbonyl (C=O) groups is 1. The van der Waals surface area contributed by atoms with Crippen molar-refractivity contribution in [2.24, 2.45) is 7.05 Å². The second-order valence-corrected chi connectivity index (χ2v) is 7.40. The van der Waals surface area contributed by atoms with Crippen molar-refractivity contribution in [3.8, 4) is 0 Å². The summed E-state index contributed by atoms with van der Waals surface area (Å²) in [5.41, 5.74) is 3.06. The number of nitrogens with zero attached hydrogens (tertiary/aromatic N) is 3. The number of nitrogens with one attached hydrogen (secondary N) is 1. The van der Waals surface area contributed by atoms with Gasteiger partial charge in [0.1, 0.15) is 5.56 Å². The van der Waals surface area contributed by atoms with Gasteiger partial charge in [0.2, 0.25) is 0 Å². The number of pyridine rings is 1. The lowest BCUT2D eigenvalue weighted by molar-refractivity contribution is 0.0948. The fourth-order valence-corrected chi connectivity index (χ4v) is 4.43. The van der Waals surface area contributed by atoms with Gasteiger partial charge >= 0.3 is 0 Å². The van der Waals surface area contributed by atoms with E-state index in [1.54, 1.807) is 29.4 Å². The van der Waals surface area contributed by atoms with Crippen LogP contribution in [0.4, 0.5) is 0 Å². The molecular formula is C17H20N4O2S. The van der Waals surface area contributed by atoms with Crippen molar-refractivity contribution in [3.63, 3.8) is 0 Å². The zero-order valence-corrected chi connectivity index (χ0v) is 14.5. The van der Waals surface area contributed by atoms with Crippen molar-refractivity contribution < 1.29 is 4.79 Å². The smallest absolute Gasteiger partial charge is 0.263 e. The Balaban J connectivity index is 1.53. The molecule has 0 saturated carbocycles. The molecule has 126 valence electrons. The van der Waals surface area contributed by atoms with Gasteiger partial charge in [-0.3, -0.25) is 9.59 Å². The normalized spacial score (nSPS) is 15.9. The molecule has 0 saturated heterocycles. The molecule has 0 spiro atoms. The second-order valence-electron chi connectivity index (χ2n) is 6.34. The summed E-state index contributed by atoms with van der Waals surface area (Å²) in [7, 11) is 1.76. The Morgan fingerprint density at radius 1 is 1.38 bits per heavy atom. The lowest BCUT2D eigenvalue weighted by Crippen LogP contribution is -2.34. The van der Waals surface area contributed by atoms with Gasteiger partial charge in [0.25, 0.3) is 11.5 Å². The topological polar surface area (TPSA) is 68.9 Å². The van der Waals surface area contributed by atoms with Gasteiger partial charge in [-0.15, -0.1) is 0 Å². The van der Waals surface area contributed by atoms with Gasteiger partial charge in [0.15, 0.2) is 5.16 Å². The van der Waals surface area contributed by atoms with Crippen LogP contribution in [0.15, 0.2) is 22.2 Å². The highest BCUT2D eigenvalue weighted by Gasteiger charge is 2.20. The standard InChI is InChI=1S/C17H20N4O2S/c1-20-14-5-3-2-4-11(14)8-13(16(20)23)15(22)18-9-12-10-21-6-7-24-17(21)19-12/h8,10H,2-7,9H2,1H3,(H,18,22). The van der Waals surface area contributed by atoms with Gasteiger partial charge < -0.3 is 14.5 Å². The van der Waals surface area contributed by atoms with Gasteiger partial charge in [0.05, 0.1) is 12.2 Å². The lowest BCUT2D eigenvalue weighted by atomic mass is 9.94. The zero-order valence-electron chi connectivity index (χ0n) is 13.7. The predicted molar refractivity (Wildman–Crippen MR) is 92.4 cm³/mol. The summed E-state index contributed by atoms with van der Waals surface area (Å²) in [6.45, 7) is 1.31. The number of hydrogen-bond donors (Lipinski definition) is 1. The quantitative estimate of drug-likeness (QED) is 0.916. The van der Waals surface area contributed by atoms with Gasteiger partial charge in [-0.1, -0.05) is 11.8 Å². The van der Waals surface area contributed by atoms with Crippen molar-refractivity contribution in [3.05, 3.63) is 45.1 Å². The minimum Gasteiger partial charge on any atom is -0.346 e. The Bertz CT molecular complexity index is 847. The molecule has 0 unspecified atom stereocenters. The summed E-state index contributed by atoms with van der Waals surface area (Å²) < 4.78 is 3.75. The third-order valence-corrected chi connectivity index (χ3v) is 5.74. The number of fused-ring (bicyclic) bond motifs is 2. The van der Waals surface area contributed by atoms with Gasteiger partial charge in [0, 0.05) is 31.2 Å². The third kappa shape index (κ3) is 2.66. The molecule has 2 aromatic rings. The number of hydrogen-bond acceptors (Lipinski definition) is 4. The van der Waals surface area contributed by atoms with Crippen LogP contribution in [0.25, 0.3) is 0 Å². The number of aryl methyl sites for hydroxylation is 2. The van der Waals surface area contributed by atoms with Crippen LogP contribution >= 0.6 is 11.8 Å². The first-order chi connectivity index (χ1) is 11.6. The largest absolute Gasteiger partial charge is 0.346 e. The van der Waals surface area contributed by atoms with E-state index in [2.05, 4.69) is 14.9 Å². The van der Waals surface area contributed by atoms with Crippen molar-refractivity contribution in [1.29, 1.82) is 0 Å². The number of amides is 1. The summed E-state index contributed by atoms with van der Waals surface area (Å²) in [5, 5.41) is 3.85. The Morgan fingerprint density at radius 2 is 2.21 bits per heavy atom. The van der Waals surface area contributed by atoms with E-state index in [1.165, 1.54) is 0 Å². The lowest BCUT2D eigenvalue weighted by Gasteiger charge is -2.19. The minimum atomic E-state index is -0.315. The number of rotatable bonds is 3. The molecule has 1 aliphatic carbocycles. The van der Waals surface area contributed by atoms with E-state index in [9.17, 15) is 9.59 Å². The summed E-state index contributed by atoms with van der Waals surface area (Å²) in [6.07, 6.45) is 6.05. The molecule has 0 bridgehead atoms. The van der Waals surface area contributed by atoms with E-state index < -0.39 is 0 Å². The molecule has 1 N–H and O–H groups in total. The molecule has 3 heterocycles. The SMILES string of the molecule is Cn1c2c(cc(C(=O)NCc3cn4c(n3)SCC4)c1=O)CCCC2. The minimum absolute atomic E-state index is 0.212. The molecule has 0 atom stereocenters. The second kappa shape index (κ2) is 6.12. The first-order valence-electron chi connectivity index (χ1n) is 8.32. The zero-order chi connectivity index (χ0) is 16.7. The molecule has 4 rings (SSSR count).